The minimum atomic E-state index is 0.316. The summed E-state index contributed by atoms with van der Waals surface area (Å²) in [5, 5.41) is 0. The predicted octanol–water partition coefficient (Wildman–Crippen LogP) is 2.32. The molecule has 1 saturated carbocycles. The van der Waals surface area contributed by atoms with Gasteiger partial charge >= 0.3 is 0 Å². The highest BCUT2D eigenvalue weighted by atomic mass is 33.1. The summed E-state index contributed by atoms with van der Waals surface area (Å²) in [5.41, 5.74) is 0. The van der Waals surface area contributed by atoms with Crippen LogP contribution in [0.5, 0.6) is 0 Å². The van der Waals surface area contributed by atoms with Gasteiger partial charge in [-0.2, -0.15) is 0 Å². The Hall–Kier alpha value is 0.370. The van der Waals surface area contributed by atoms with Gasteiger partial charge < -0.3 is 0 Å². The number of ketones is 1. The van der Waals surface area contributed by atoms with Crippen molar-refractivity contribution in [3.8, 4) is 0 Å². The Morgan fingerprint density at radius 1 is 1.60 bits per heavy atom. The van der Waals surface area contributed by atoms with Crippen LogP contribution in [0.15, 0.2) is 0 Å². The van der Waals surface area contributed by atoms with E-state index in [-0.39, 0.29) is 0 Å². The molecule has 1 aliphatic carbocycles. The molecule has 3 heteroatoms. The number of carbonyl (C=O) groups excluding carboxylic acids is 1. The van der Waals surface area contributed by atoms with E-state index in [9.17, 15) is 4.79 Å². The molecule has 0 aromatic rings. The lowest BCUT2D eigenvalue weighted by Gasteiger charge is -2.18. The largest absolute Gasteiger partial charge is 0.299 e. The van der Waals surface area contributed by atoms with E-state index >= 15 is 0 Å². The minimum absolute atomic E-state index is 0.316. The number of hydrogen-bond donors (Lipinski definition) is 1. The maximum absolute atomic E-state index is 11.1. The zero-order chi connectivity index (χ0) is 7.40. The second-order valence-electron chi connectivity index (χ2n) is 2.70. The van der Waals surface area contributed by atoms with Crippen molar-refractivity contribution in [1.29, 1.82) is 0 Å². The Balaban J connectivity index is 2.32. The van der Waals surface area contributed by atoms with Crippen LogP contribution < -0.4 is 0 Å². The summed E-state index contributed by atoms with van der Waals surface area (Å²) >= 11 is 4.04. The molecule has 0 N–H and O–H groups in total. The molecule has 0 amide bonds. The molecule has 0 saturated heterocycles. The van der Waals surface area contributed by atoms with Crippen LogP contribution in [-0.4, -0.2) is 11.5 Å². The molecule has 10 heavy (non-hydrogen) atoms. The summed E-state index contributed by atoms with van der Waals surface area (Å²) in [6.45, 7) is 0. The molecule has 0 aromatic heterocycles. The van der Waals surface area contributed by atoms with E-state index in [1.807, 2.05) is 0 Å². The first-order valence-corrected chi connectivity index (χ1v) is 5.67. The van der Waals surface area contributed by atoms with E-state index in [1.165, 1.54) is 17.2 Å². The first-order chi connectivity index (χ1) is 4.84. The van der Waals surface area contributed by atoms with Gasteiger partial charge in [0.25, 0.3) is 0 Å². The van der Waals surface area contributed by atoms with Gasteiger partial charge in [-0.15, -0.1) is 11.7 Å². The number of carbonyl (C=O) groups is 1. The lowest BCUT2D eigenvalue weighted by Crippen LogP contribution is -2.20. The summed E-state index contributed by atoms with van der Waals surface area (Å²) in [4.78, 5) is 11.1. The smallest absolute Gasteiger partial charge is 0.136 e. The zero-order valence-electron chi connectivity index (χ0n) is 5.88. The van der Waals surface area contributed by atoms with Crippen LogP contribution in [-0.2, 0) is 4.79 Å². The molecule has 0 bridgehead atoms. The normalized spacial score (nSPS) is 26.9. The van der Waals surface area contributed by atoms with Crippen LogP contribution in [0.25, 0.3) is 0 Å². The number of thiol groups is 1. The van der Waals surface area contributed by atoms with Gasteiger partial charge in [-0.05, 0) is 12.8 Å². The van der Waals surface area contributed by atoms with E-state index in [4.69, 9.17) is 0 Å². The molecule has 1 atom stereocenters. The fourth-order valence-corrected chi connectivity index (χ4v) is 2.39. The number of rotatable bonds is 2. The van der Waals surface area contributed by atoms with Gasteiger partial charge in [-0.3, -0.25) is 4.79 Å². The Morgan fingerprint density at radius 2 is 2.40 bits per heavy atom. The Kier molecular flexibility index (Phi) is 3.63. The van der Waals surface area contributed by atoms with Crippen molar-refractivity contribution in [1.82, 2.24) is 0 Å². The van der Waals surface area contributed by atoms with Gasteiger partial charge in [0.15, 0.2) is 0 Å². The van der Waals surface area contributed by atoms with Crippen LogP contribution in [0.3, 0.4) is 0 Å². The fraction of sp³-hybridized carbons (Fsp3) is 0.857. The molecule has 1 fully saturated rings. The molecule has 0 radical (unpaired) electrons. The first kappa shape index (κ1) is 8.47. The summed E-state index contributed by atoms with van der Waals surface area (Å²) in [6.07, 6.45) is 4.22. The maximum atomic E-state index is 11.1. The summed E-state index contributed by atoms with van der Waals surface area (Å²) in [6, 6.07) is 0. The average Bonchev–Trinajstić information content (AvgIpc) is 1.94. The van der Waals surface area contributed by atoms with Crippen molar-refractivity contribution >= 4 is 28.2 Å². The number of hydrogen-bond acceptors (Lipinski definition) is 3. The van der Waals surface area contributed by atoms with Crippen molar-refractivity contribution in [2.24, 2.45) is 5.92 Å². The van der Waals surface area contributed by atoms with Crippen LogP contribution in [0, 0.1) is 5.92 Å². The third kappa shape index (κ3) is 2.20. The molecule has 1 unspecified atom stereocenters. The highest BCUT2D eigenvalue weighted by Crippen LogP contribution is 2.24. The van der Waals surface area contributed by atoms with Crippen molar-refractivity contribution in [2.45, 2.75) is 25.7 Å². The minimum Gasteiger partial charge on any atom is -0.299 e. The van der Waals surface area contributed by atoms with Crippen LogP contribution >= 0.6 is 22.5 Å². The van der Waals surface area contributed by atoms with E-state index in [2.05, 4.69) is 11.7 Å². The van der Waals surface area contributed by atoms with Crippen LogP contribution in [0.2, 0.25) is 0 Å². The van der Waals surface area contributed by atoms with Crippen molar-refractivity contribution in [3.05, 3.63) is 0 Å². The maximum Gasteiger partial charge on any atom is 0.136 e. The topological polar surface area (TPSA) is 17.1 Å². The zero-order valence-corrected chi connectivity index (χ0v) is 7.59. The van der Waals surface area contributed by atoms with E-state index in [0.717, 1.165) is 25.0 Å². The monoisotopic (exact) mass is 176 g/mol. The predicted molar refractivity (Wildman–Crippen MR) is 48.4 cm³/mol. The fourth-order valence-electron chi connectivity index (χ4n) is 1.32. The average molecular weight is 176 g/mol. The SMILES string of the molecule is O=C1CCCCC1CSS. The first-order valence-electron chi connectivity index (χ1n) is 3.63. The molecule has 1 nitrogen and oxygen atoms in total. The van der Waals surface area contributed by atoms with Gasteiger partial charge in [0, 0.05) is 18.1 Å². The number of Topliss-reactive ketones (excluding diaryl/α,β-unsaturated/α-hetero) is 1. The Morgan fingerprint density at radius 3 is 3.00 bits per heavy atom. The van der Waals surface area contributed by atoms with Crippen molar-refractivity contribution in [3.63, 3.8) is 0 Å². The van der Waals surface area contributed by atoms with Crippen LogP contribution in [0.4, 0.5) is 0 Å². The lowest BCUT2D eigenvalue weighted by molar-refractivity contribution is -0.123. The summed E-state index contributed by atoms with van der Waals surface area (Å²) in [7, 11) is 1.49. The van der Waals surface area contributed by atoms with E-state index in [1.54, 1.807) is 0 Å². The third-order valence-electron chi connectivity index (χ3n) is 1.96. The molecule has 0 aliphatic heterocycles. The molecule has 0 spiro atoms. The van der Waals surface area contributed by atoms with Crippen molar-refractivity contribution < 1.29 is 4.79 Å². The van der Waals surface area contributed by atoms with Gasteiger partial charge in [0.05, 0.1) is 0 Å². The lowest BCUT2D eigenvalue weighted by atomic mass is 9.89. The Labute approximate surface area is 70.8 Å². The van der Waals surface area contributed by atoms with Gasteiger partial charge in [0.2, 0.25) is 0 Å². The Bertz CT molecular complexity index is 123. The molecular formula is C7H12OS2. The second kappa shape index (κ2) is 4.29. The van der Waals surface area contributed by atoms with Gasteiger partial charge in [-0.25, -0.2) is 0 Å². The van der Waals surface area contributed by atoms with Gasteiger partial charge in [0.1, 0.15) is 5.78 Å². The molecule has 58 valence electrons. The van der Waals surface area contributed by atoms with Gasteiger partial charge in [-0.1, -0.05) is 17.2 Å². The molecule has 0 heterocycles. The summed E-state index contributed by atoms with van der Waals surface area (Å²) in [5.74, 6) is 1.67. The van der Waals surface area contributed by atoms with Crippen LogP contribution in [0.1, 0.15) is 25.7 Å². The second-order valence-corrected chi connectivity index (χ2v) is 4.07. The highest BCUT2D eigenvalue weighted by Gasteiger charge is 2.20. The molecule has 0 aromatic carbocycles. The summed E-state index contributed by atoms with van der Waals surface area (Å²) < 4.78 is 0. The third-order valence-corrected chi connectivity index (χ3v) is 2.96. The molecular weight excluding hydrogens is 164 g/mol. The van der Waals surface area contributed by atoms with E-state index < -0.39 is 0 Å². The standard InChI is InChI=1S/C7H12OS2/c8-7-4-2-1-3-6(7)5-10-9/h6,9H,1-5H2. The highest BCUT2D eigenvalue weighted by molar-refractivity contribution is 8.68. The molecule has 1 rings (SSSR count). The van der Waals surface area contributed by atoms with Crippen molar-refractivity contribution in [2.75, 3.05) is 5.75 Å². The molecule has 1 aliphatic rings. The quantitative estimate of drug-likeness (QED) is 0.514. The van der Waals surface area contributed by atoms with E-state index in [0.29, 0.717) is 11.7 Å².